The SMILES string of the molecule is CNc1ncnc(-c2cccnc2Oc2ccc(F)c(C(=O)Nc3cc(C(F)(F)F)ccc3CN3CC[C@@H](N(C)C)C3)c2)n1. The normalized spacial score (nSPS) is 15.4. The first-order valence-electron chi connectivity index (χ1n) is 13.7. The van der Waals surface area contributed by atoms with E-state index in [1.165, 1.54) is 24.7 Å². The van der Waals surface area contributed by atoms with Crippen LogP contribution in [0.5, 0.6) is 11.6 Å². The Kier molecular flexibility index (Phi) is 9.01. The number of likely N-dealkylation sites (tertiary alicyclic amines) is 1. The lowest BCUT2D eigenvalue weighted by Crippen LogP contribution is -2.31. The number of rotatable bonds is 9. The van der Waals surface area contributed by atoms with Gasteiger partial charge in [0.25, 0.3) is 5.91 Å². The van der Waals surface area contributed by atoms with E-state index in [0.29, 0.717) is 29.7 Å². The molecular weight excluding hydrogens is 580 g/mol. The molecule has 10 nitrogen and oxygen atoms in total. The van der Waals surface area contributed by atoms with Gasteiger partial charge in [0.05, 0.1) is 16.7 Å². The molecule has 2 aromatic carbocycles. The minimum Gasteiger partial charge on any atom is -0.438 e. The Labute approximate surface area is 251 Å². The van der Waals surface area contributed by atoms with Crippen LogP contribution in [0.2, 0.25) is 0 Å². The lowest BCUT2D eigenvalue weighted by Gasteiger charge is -2.22. The minimum atomic E-state index is -4.63. The third-order valence-corrected chi connectivity index (χ3v) is 7.26. The lowest BCUT2D eigenvalue weighted by molar-refractivity contribution is -0.137. The molecule has 2 aromatic heterocycles. The summed E-state index contributed by atoms with van der Waals surface area (Å²) in [6.45, 7) is 1.80. The maximum absolute atomic E-state index is 14.9. The molecule has 4 aromatic rings. The molecule has 1 aliphatic rings. The van der Waals surface area contributed by atoms with Gasteiger partial charge in [0, 0.05) is 44.6 Å². The van der Waals surface area contributed by atoms with Crippen molar-refractivity contribution in [2.45, 2.75) is 25.2 Å². The summed E-state index contributed by atoms with van der Waals surface area (Å²) in [6, 6.07) is 10.3. The van der Waals surface area contributed by atoms with Crippen molar-refractivity contribution in [2.75, 3.05) is 44.9 Å². The average molecular weight is 611 g/mol. The number of halogens is 4. The van der Waals surface area contributed by atoms with Crippen LogP contribution in [-0.2, 0) is 12.7 Å². The van der Waals surface area contributed by atoms with E-state index in [1.807, 2.05) is 14.1 Å². The van der Waals surface area contributed by atoms with Gasteiger partial charge in [0.2, 0.25) is 11.8 Å². The van der Waals surface area contributed by atoms with Gasteiger partial charge in [-0.3, -0.25) is 9.69 Å². The molecule has 1 aliphatic heterocycles. The second kappa shape index (κ2) is 12.9. The van der Waals surface area contributed by atoms with Crippen LogP contribution in [0.4, 0.5) is 29.2 Å². The number of nitrogens with one attached hydrogen (secondary N) is 2. The molecule has 0 unspecified atom stereocenters. The summed E-state index contributed by atoms with van der Waals surface area (Å²) in [5.74, 6) is -1.08. The van der Waals surface area contributed by atoms with Gasteiger partial charge in [-0.2, -0.15) is 18.2 Å². The Hall–Kier alpha value is -4.69. The first-order chi connectivity index (χ1) is 21.0. The third kappa shape index (κ3) is 7.09. The van der Waals surface area contributed by atoms with Gasteiger partial charge in [0.15, 0.2) is 5.82 Å². The van der Waals surface area contributed by atoms with E-state index in [1.54, 1.807) is 19.2 Å². The minimum absolute atomic E-state index is 0.0500. The fourth-order valence-corrected chi connectivity index (χ4v) is 4.86. The van der Waals surface area contributed by atoms with Crippen LogP contribution in [0.15, 0.2) is 61.1 Å². The van der Waals surface area contributed by atoms with Crippen molar-refractivity contribution in [3.8, 4) is 23.0 Å². The average Bonchev–Trinajstić information content (AvgIpc) is 3.48. The van der Waals surface area contributed by atoms with Crippen LogP contribution in [0.1, 0.15) is 27.9 Å². The fourth-order valence-electron chi connectivity index (χ4n) is 4.86. The summed E-state index contributed by atoms with van der Waals surface area (Å²) >= 11 is 0. The molecule has 0 bridgehead atoms. The first kappa shape index (κ1) is 30.8. The number of amides is 1. The number of carbonyl (C=O) groups is 1. The molecule has 0 radical (unpaired) electrons. The highest BCUT2D eigenvalue weighted by atomic mass is 19.4. The molecule has 1 saturated heterocycles. The number of ether oxygens (including phenoxy) is 1. The van der Waals surface area contributed by atoms with Crippen molar-refractivity contribution < 1.29 is 27.1 Å². The molecule has 5 rings (SSSR count). The number of benzene rings is 2. The van der Waals surface area contributed by atoms with E-state index in [-0.39, 0.29) is 23.1 Å². The highest BCUT2D eigenvalue weighted by molar-refractivity contribution is 6.05. The number of anilines is 2. The Balaban J connectivity index is 1.41. The predicted octanol–water partition coefficient (Wildman–Crippen LogP) is 5.31. The van der Waals surface area contributed by atoms with Crippen molar-refractivity contribution in [1.29, 1.82) is 0 Å². The molecule has 3 heterocycles. The number of aromatic nitrogens is 4. The van der Waals surface area contributed by atoms with Gasteiger partial charge in [-0.15, -0.1) is 0 Å². The number of likely N-dealkylation sites (N-methyl/N-ethyl adjacent to an activating group) is 1. The molecule has 14 heteroatoms. The molecule has 2 N–H and O–H groups in total. The summed E-state index contributed by atoms with van der Waals surface area (Å²) in [5.41, 5.74) is -0.506. The Morgan fingerprint density at radius 1 is 1.11 bits per heavy atom. The maximum atomic E-state index is 14.9. The molecule has 0 saturated carbocycles. The van der Waals surface area contributed by atoms with Gasteiger partial charge in [-0.25, -0.2) is 19.3 Å². The zero-order valence-corrected chi connectivity index (χ0v) is 24.2. The Morgan fingerprint density at radius 2 is 1.93 bits per heavy atom. The number of nitrogens with zero attached hydrogens (tertiary/aromatic N) is 6. The molecule has 0 aliphatic carbocycles. The quantitative estimate of drug-likeness (QED) is 0.244. The van der Waals surface area contributed by atoms with E-state index in [0.717, 1.165) is 43.8 Å². The van der Waals surface area contributed by atoms with Gasteiger partial charge in [0.1, 0.15) is 17.9 Å². The summed E-state index contributed by atoms with van der Waals surface area (Å²) in [6.07, 6.45) is -0.924. The fraction of sp³-hybridized carbons (Fsp3) is 0.300. The Bertz CT molecular complexity index is 1650. The van der Waals surface area contributed by atoms with E-state index in [4.69, 9.17) is 4.74 Å². The monoisotopic (exact) mass is 610 g/mol. The summed E-state index contributed by atoms with van der Waals surface area (Å²) in [7, 11) is 5.61. The van der Waals surface area contributed by atoms with Crippen LogP contribution < -0.4 is 15.4 Å². The zero-order valence-electron chi connectivity index (χ0n) is 24.2. The molecule has 230 valence electrons. The predicted molar refractivity (Wildman–Crippen MR) is 156 cm³/mol. The van der Waals surface area contributed by atoms with Crippen LogP contribution >= 0.6 is 0 Å². The van der Waals surface area contributed by atoms with E-state index < -0.39 is 29.0 Å². The second-order valence-electron chi connectivity index (χ2n) is 10.4. The van der Waals surface area contributed by atoms with E-state index >= 15 is 0 Å². The van der Waals surface area contributed by atoms with Crippen LogP contribution in [0, 0.1) is 5.82 Å². The van der Waals surface area contributed by atoms with Crippen LogP contribution in [0.3, 0.4) is 0 Å². The van der Waals surface area contributed by atoms with Gasteiger partial charge in [-0.05, 0) is 68.5 Å². The van der Waals surface area contributed by atoms with Crippen molar-refractivity contribution in [3.05, 3.63) is 83.6 Å². The van der Waals surface area contributed by atoms with Crippen molar-refractivity contribution in [3.63, 3.8) is 0 Å². The van der Waals surface area contributed by atoms with Crippen LogP contribution in [-0.4, -0.2) is 75.9 Å². The van der Waals surface area contributed by atoms with Crippen LogP contribution in [0.25, 0.3) is 11.4 Å². The standard InChI is InChI=1S/C30H30F4N8O2/c1-35-29-38-17-37-26(40-29)22-5-4-11-36-28(22)44-21-8-9-24(31)23(14-21)27(43)39-25-13-19(30(32,33)34)7-6-18(25)15-42-12-10-20(16-42)41(2)3/h4-9,11,13-14,17,20H,10,12,15-16H2,1-3H3,(H,39,43)(H,35,37,38,40)/t20-/m1/s1. The number of carbonyl (C=O) groups excluding carboxylic acids is 1. The van der Waals surface area contributed by atoms with Crippen molar-refractivity contribution in [1.82, 2.24) is 29.7 Å². The molecule has 1 atom stereocenters. The Morgan fingerprint density at radius 3 is 2.66 bits per heavy atom. The number of alkyl halides is 3. The van der Waals surface area contributed by atoms with E-state index in [9.17, 15) is 22.4 Å². The molecule has 44 heavy (non-hydrogen) atoms. The van der Waals surface area contributed by atoms with Gasteiger partial charge >= 0.3 is 6.18 Å². The number of hydrogen-bond donors (Lipinski definition) is 2. The third-order valence-electron chi connectivity index (χ3n) is 7.26. The molecule has 1 fully saturated rings. The molecule has 0 spiro atoms. The summed E-state index contributed by atoms with van der Waals surface area (Å²) in [5, 5.41) is 5.33. The van der Waals surface area contributed by atoms with Gasteiger partial charge < -0.3 is 20.3 Å². The zero-order chi connectivity index (χ0) is 31.4. The highest BCUT2D eigenvalue weighted by Crippen LogP contribution is 2.34. The smallest absolute Gasteiger partial charge is 0.416 e. The molecule has 1 amide bonds. The lowest BCUT2D eigenvalue weighted by atomic mass is 10.1. The largest absolute Gasteiger partial charge is 0.438 e. The van der Waals surface area contributed by atoms with Crippen molar-refractivity contribution in [2.24, 2.45) is 0 Å². The first-order valence-corrected chi connectivity index (χ1v) is 13.7. The topological polar surface area (TPSA) is 108 Å². The van der Waals surface area contributed by atoms with Crippen molar-refractivity contribution >= 4 is 17.5 Å². The number of hydrogen-bond acceptors (Lipinski definition) is 9. The summed E-state index contributed by atoms with van der Waals surface area (Å²) in [4.78, 5) is 34.2. The number of pyridine rings is 1. The highest BCUT2D eigenvalue weighted by Gasteiger charge is 2.32. The van der Waals surface area contributed by atoms with Gasteiger partial charge in [-0.1, -0.05) is 6.07 Å². The summed E-state index contributed by atoms with van der Waals surface area (Å²) < 4.78 is 61.6. The molecular formula is C30H30F4N8O2. The second-order valence-corrected chi connectivity index (χ2v) is 10.4. The van der Waals surface area contributed by atoms with E-state index in [2.05, 4.69) is 40.4 Å². The maximum Gasteiger partial charge on any atom is 0.416 e.